The van der Waals surface area contributed by atoms with E-state index in [4.69, 9.17) is 16.6 Å². The molecule has 0 radical (unpaired) electrons. The highest BCUT2D eigenvalue weighted by Crippen LogP contribution is 2.19. The largest absolute Gasteiger partial charge is 0.480 e. The van der Waals surface area contributed by atoms with Gasteiger partial charge in [-0.15, -0.1) is 0 Å². The molecule has 0 saturated heterocycles. The van der Waals surface area contributed by atoms with Gasteiger partial charge in [-0.1, -0.05) is 32.0 Å². The maximum absolute atomic E-state index is 13.6. The lowest BCUT2D eigenvalue weighted by Gasteiger charge is -2.27. The number of aliphatic carboxylic acids is 1. The molecular formula is C27H39N7O8S. The van der Waals surface area contributed by atoms with Crippen molar-refractivity contribution in [1.29, 1.82) is 0 Å². The van der Waals surface area contributed by atoms with Crippen molar-refractivity contribution in [1.82, 2.24) is 26.3 Å². The first-order chi connectivity index (χ1) is 20.3. The Balaban J connectivity index is 2.25. The lowest BCUT2D eigenvalue weighted by atomic mass is 10.00. The molecule has 16 heteroatoms. The molecule has 0 aliphatic rings. The van der Waals surface area contributed by atoms with Crippen LogP contribution < -0.4 is 32.7 Å². The Labute approximate surface area is 253 Å². The molecule has 0 spiro atoms. The third-order valence-corrected chi connectivity index (χ3v) is 7.00. The number of H-pyrrole nitrogens is 1. The second-order valence-electron chi connectivity index (χ2n) is 10.3. The number of rotatable bonds is 17. The molecule has 0 fully saturated rings. The predicted molar refractivity (Wildman–Crippen MR) is 160 cm³/mol. The van der Waals surface area contributed by atoms with E-state index in [1.165, 1.54) is 0 Å². The van der Waals surface area contributed by atoms with Crippen molar-refractivity contribution in [2.45, 2.75) is 63.3 Å². The third kappa shape index (κ3) is 10.3. The van der Waals surface area contributed by atoms with E-state index in [1.54, 1.807) is 20.0 Å². The SMILES string of the molecule is CC(C)[C@H](NC(=O)[C@H](Cc1c[nH]c2ccccc12)NC(=O)[C@@H](N)CCC(N)=O)C(=O)N[C@@H](CS)C(=O)N[C@@H](CO)C(=O)O. The molecule has 0 saturated carbocycles. The second kappa shape index (κ2) is 16.5. The van der Waals surface area contributed by atoms with Gasteiger partial charge in [0, 0.05) is 35.7 Å². The number of hydrogen-bond donors (Lipinski definition) is 10. The molecule has 1 heterocycles. The van der Waals surface area contributed by atoms with Crippen LogP contribution in [0, 0.1) is 5.92 Å². The number of primary amides is 1. The zero-order valence-corrected chi connectivity index (χ0v) is 24.7. The molecule has 0 aliphatic heterocycles. The number of aromatic nitrogens is 1. The second-order valence-corrected chi connectivity index (χ2v) is 10.7. The summed E-state index contributed by atoms with van der Waals surface area (Å²) in [5.41, 5.74) is 12.6. The molecule has 43 heavy (non-hydrogen) atoms. The summed E-state index contributed by atoms with van der Waals surface area (Å²) in [6, 6.07) is 0.975. The molecule has 1 aromatic heterocycles. The zero-order chi connectivity index (χ0) is 32.3. The molecule has 5 atom stereocenters. The average molecular weight is 622 g/mol. The minimum Gasteiger partial charge on any atom is -0.480 e. The van der Waals surface area contributed by atoms with Crippen LogP contribution in [-0.4, -0.2) is 93.3 Å². The van der Waals surface area contributed by atoms with E-state index < -0.39 is 78.2 Å². The maximum atomic E-state index is 13.6. The van der Waals surface area contributed by atoms with Gasteiger partial charge in [-0.2, -0.15) is 12.6 Å². The van der Waals surface area contributed by atoms with Gasteiger partial charge in [-0.3, -0.25) is 24.0 Å². The molecule has 0 aliphatic carbocycles. The molecular weight excluding hydrogens is 582 g/mol. The number of thiol groups is 1. The van der Waals surface area contributed by atoms with Crippen LogP contribution in [0.25, 0.3) is 10.9 Å². The molecule has 5 amide bonds. The fourth-order valence-electron chi connectivity index (χ4n) is 4.14. The number of carbonyl (C=O) groups is 6. The van der Waals surface area contributed by atoms with Crippen LogP contribution in [0.3, 0.4) is 0 Å². The van der Waals surface area contributed by atoms with Gasteiger partial charge in [0.1, 0.15) is 24.2 Å². The summed E-state index contributed by atoms with van der Waals surface area (Å²) < 4.78 is 0. The van der Waals surface area contributed by atoms with Gasteiger partial charge in [0.15, 0.2) is 0 Å². The Hall–Kier alpha value is -4.15. The first-order valence-electron chi connectivity index (χ1n) is 13.5. The minimum atomic E-state index is -1.59. The molecule has 0 bridgehead atoms. The Morgan fingerprint density at radius 1 is 0.907 bits per heavy atom. The van der Waals surface area contributed by atoms with Crippen molar-refractivity contribution in [3.05, 3.63) is 36.0 Å². The number of nitrogens with one attached hydrogen (secondary N) is 5. The molecule has 15 nitrogen and oxygen atoms in total. The first kappa shape index (κ1) is 35.0. The van der Waals surface area contributed by atoms with Gasteiger partial charge < -0.3 is 47.9 Å². The predicted octanol–water partition coefficient (Wildman–Crippen LogP) is -2.09. The first-order valence-corrected chi connectivity index (χ1v) is 14.2. The van der Waals surface area contributed by atoms with E-state index in [0.717, 1.165) is 10.9 Å². The van der Waals surface area contributed by atoms with Gasteiger partial charge in [0.25, 0.3) is 0 Å². The lowest BCUT2D eigenvalue weighted by molar-refractivity contribution is -0.143. The van der Waals surface area contributed by atoms with E-state index in [1.807, 2.05) is 24.3 Å². The van der Waals surface area contributed by atoms with E-state index in [2.05, 4.69) is 38.9 Å². The van der Waals surface area contributed by atoms with Crippen LogP contribution in [0.4, 0.5) is 0 Å². The maximum Gasteiger partial charge on any atom is 0.328 e. The highest BCUT2D eigenvalue weighted by molar-refractivity contribution is 7.80. The summed E-state index contributed by atoms with van der Waals surface area (Å²) in [6.07, 6.45) is 1.56. The summed E-state index contributed by atoms with van der Waals surface area (Å²) in [6.45, 7) is 2.44. The molecule has 2 aromatic rings. The van der Waals surface area contributed by atoms with Crippen molar-refractivity contribution in [3.63, 3.8) is 0 Å². The highest BCUT2D eigenvalue weighted by Gasteiger charge is 2.33. The number of aliphatic hydroxyl groups excluding tert-OH is 1. The number of fused-ring (bicyclic) bond motifs is 1. The Bertz CT molecular complexity index is 1320. The van der Waals surface area contributed by atoms with Gasteiger partial charge in [-0.25, -0.2) is 4.79 Å². The summed E-state index contributed by atoms with van der Waals surface area (Å²) >= 11 is 4.06. The van der Waals surface area contributed by atoms with Crippen LogP contribution in [-0.2, 0) is 35.2 Å². The van der Waals surface area contributed by atoms with Crippen LogP contribution in [0.2, 0.25) is 0 Å². The van der Waals surface area contributed by atoms with Crippen molar-refractivity contribution in [2.24, 2.45) is 17.4 Å². The monoisotopic (exact) mass is 621 g/mol. The topological polar surface area (TPSA) is 259 Å². The van der Waals surface area contributed by atoms with Gasteiger partial charge in [0.2, 0.25) is 29.5 Å². The zero-order valence-electron chi connectivity index (χ0n) is 23.8. The van der Waals surface area contributed by atoms with Crippen LogP contribution >= 0.6 is 12.6 Å². The number of carbonyl (C=O) groups excluding carboxylic acids is 5. The van der Waals surface area contributed by atoms with E-state index in [9.17, 15) is 33.9 Å². The minimum absolute atomic E-state index is 0.0238. The molecule has 236 valence electrons. The normalized spacial score (nSPS) is 14.7. The number of aliphatic hydroxyl groups is 1. The number of benzene rings is 1. The van der Waals surface area contributed by atoms with Crippen molar-refractivity contribution < 1.29 is 39.0 Å². The lowest BCUT2D eigenvalue weighted by Crippen LogP contribution is -2.60. The quantitative estimate of drug-likeness (QED) is 0.0867. The number of carboxylic acids is 1. The summed E-state index contributed by atoms with van der Waals surface area (Å²) in [4.78, 5) is 77.6. The Morgan fingerprint density at radius 2 is 1.51 bits per heavy atom. The number of aromatic amines is 1. The van der Waals surface area contributed by atoms with E-state index in [0.29, 0.717) is 5.56 Å². The number of para-hydroxylation sites is 1. The molecule has 11 N–H and O–H groups in total. The van der Waals surface area contributed by atoms with E-state index in [-0.39, 0.29) is 25.0 Å². The number of hydrogen-bond acceptors (Lipinski definition) is 9. The van der Waals surface area contributed by atoms with Crippen LogP contribution in [0.5, 0.6) is 0 Å². The molecule has 1 aromatic carbocycles. The smallest absolute Gasteiger partial charge is 0.328 e. The fourth-order valence-corrected chi connectivity index (χ4v) is 4.40. The Kier molecular flexibility index (Phi) is 13.4. The van der Waals surface area contributed by atoms with Crippen molar-refractivity contribution >= 4 is 59.0 Å². The highest BCUT2D eigenvalue weighted by atomic mass is 32.1. The number of amides is 5. The van der Waals surface area contributed by atoms with Crippen LogP contribution in [0.1, 0.15) is 32.3 Å². The summed E-state index contributed by atoms with van der Waals surface area (Å²) in [7, 11) is 0. The molecule has 2 rings (SSSR count). The standard InChI is InChI=1S/C27H39N7O8S/c1-13(2)22(26(40)33-20(12-43)25(39)32-19(11-35)27(41)42)34-24(38)18(31-23(37)16(28)7-8-21(29)36)9-14-10-30-17-6-4-3-5-15(14)17/h3-6,10,13,16,18-20,22,30,35,43H,7-9,11-12,28H2,1-2H3,(H2,29,36)(H,31,37)(H,32,39)(H,33,40)(H,34,38)(H,41,42)/t16-,18-,19-,20-,22-/m0/s1. The van der Waals surface area contributed by atoms with Crippen LogP contribution in [0.15, 0.2) is 30.5 Å². The Morgan fingerprint density at radius 3 is 2.09 bits per heavy atom. The third-order valence-electron chi connectivity index (χ3n) is 6.63. The number of nitrogens with two attached hydrogens (primary N) is 2. The summed E-state index contributed by atoms with van der Waals surface area (Å²) in [5, 5.41) is 28.9. The van der Waals surface area contributed by atoms with Crippen molar-refractivity contribution in [2.75, 3.05) is 12.4 Å². The summed E-state index contributed by atoms with van der Waals surface area (Å²) in [5.74, 6) is -5.87. The average Bonchev–Trinajstić information content (AvgIpc) is 3.37. The van der Waals surface area contributed by atoms with Gasteiger partial charge >= 0.3 is 5.97 Å². The van der Waals surface area contributed by atoms with E-state index >= 15 is 0 Å². The van der Waals surface area contributed by atoms with Gasteiger partial charge in [0.05, 0.1) is 12.6 Å². The fraction of sp³-hybridized carbons (Fsp3) is 0.481. The van der Waals surface area contributed by atoms with Gasteiger partial charge in [-0.05, 0) is 24.0 Å². The van der Waals surface area contributed by atoms with Crippen molar-refractivity contribution in [3.8, 4) is 0 Å². The number of carboxylic acid groups (broad SMARTS) is 1. The molecule has 0 unspecified atom stereocenters.